The van der Waals surface area contributed by atoms with E-state index in [9.17, 15) is 9.59 Å². The lowest BCUT2D eigenvalue weighted by Gasteiger charge is -2.28. The summed E-state index contributed by atoms with van der Waals surface area (Å²) in [6.07, 6.45) is 1.00. The Morgan fingerprint density at radius 3 is 2.80 bits per heavy atom. The van der Waals surface area contributed by atoms with Crippen molar-refractivity contribution in [2.45, 2.75) is 51.8 Å². The molecule has 7 nitrogen and oxygen atoms in total. The molecule has 0 aromatic heterocycles. The second-order valence-electron chi connectivity index (χ2n) is 7.24. The molecule has 136 valence electrons. The molecule has 0 saturated carbocycles. The van der Waals surface area contributed by atoms with Gasteiger partial charge in [0, 0.05) is 13.1 Å². The average molecular weight is 348 g/mol. The van der Waals surface area contributed by atoms with E-state index in [1.807, 2.05) is 39.0 Å². The highest BCUT2D eigenvalue weighted by atomic mass is 16.7. The molecule has 1 N–H and O–H groups in total. The summed E-state index contributed by atoms with van der Waals surface area (Å²) in [6, 6.07) is 5.08. The highest BCUT2D eigenvalue weighted by Crippen LogP contribution is 2.32. The van der Waals surface area contributed by atoms with Gasteiger partial charge in [-0.25, -0.2) is 4.79 Å². The quantitative estimate of drug-likeness (QED) is 0.908. The Balaban J connectivity index is 1.57. The summed E-state index contributed by atoms with van der Waals surface area (Å²) in [5, 5.41) is 2.90. The van der Waals surface area contributed by atoms with E-state index >= 15 is 0 Å². The zero-order valence-electron chi connectivity index (χ0n) is 14.8. The third-order valence-electron chi connectivity index (χ3n) is 4.09. The molecule has 0 aliphatic carbocycles. The van der Waals surface area contributed by atoms with Crippen LogP contribution in [-0.4, -0.2) is 41.9 Å². The Bertz CT molecular complexity index is 668. The molecule has 25 heavy (non-hydrogen) atoms. The smallest absolute Gasteiger partial charge is 0.410 e. The van der Waals surface area contributed by atoms with E-state index in [1.165, 1.54) is 4.90 Å². The van der Waals surface area contributed by atoms with E-state index in [0.29, 0.717) is 31.0 Å². The van der Waals surface area contributed by atoms with Gasteiger partial charge in [-0.05, 0) is 51.3 Å². The Morgan fingerprint density at radius 1 is 1.28 bits per heavy atom. The largest absolute Gasteiger partial charge is 0.454 e. The molecule has 1 fully saturated rings. The highest BCUT2D eigenvalue weighted by molar-refractivity contribution is 5.86. The molecule has 1 aromatic rings. The van der Waals surface area contributed by atoms with Crippen molar-refractivity contribution in [2.75, 3.05) is 13.3 Å². The van der Waals surface area contributed by atoms with Gasteiger partial charge >= 0.3 is 6.09 Å². The zero-order chi connectivity index (χ0) is 18.0. The van der Waals surface area contributed by atoms with Crippen molar-refractivity contribution >= 4 is 12.0 Å². The van der Waals surface area contributed by atoms with Crippen LogP contribution in [0.15, 0.2) is 18.2 Å². The fourth-order valence-corrected chi connectivity index (χ4v) is 2.94. The fraction of sp³-hybridized carbons (Fsp3) is 0.556. The van der Waals surface area contributed by atoms with Gasteiger partial charge < -0.3 is 19.5 Å². The van der Waals surface area contributed by atoms with Crippen LogP contribution in [0.25, 0.3) is 0 Å². The summed E-state index contributed by atoms with van der Waals surface area (Å²) in [5.74, 6) is 1.23. The number of benzene rings is 1. The Kier molecular flexibility index (Phi) is 4.74. The van der Waals surface area contributed by atoms with Gasteiger partial charge in [-0.15, -0.1) is 0 Å². The van der Waals surface area contributed by atoms with Crippen LogP contribution < -0.4 is 14.8 Å². The van der Waals surface area contributed by atoms with Crippen LogP contribution in [0.2, 0.25) is 0 Å². The molecule has 2 amide bonds. The van der Waals surface area contributed by atoms with Gasteiger partial charge in [-0.3, -0.25) is 9.69 Å². The van der Waals surface area contributed by atoms with Gasteiger partial charge in [0.25, 0.3) is 0 Å². The molecule has 2 aliphatic rings. The summed E-state index contributed by atoms with van der Waals surface area (Å²) in [7, 11) is 0. The van der Waals surface area contributed by atoms with E-state index < -0.39 is 17.7 Å². The highest BCUT2D eigenvalue weighted by Gasteiger charge is 2.36. The lowest BCUT2D eigenvalue weighted by Crippen LogP contribution is -2.47. The molecule has 1 atom stereocenters. The number of hydrogen-bond acceptors (Lipinski definition) is 5. The number of nitrogens with zero attached hydrogens (tertiary/aromatic N) is 1. The van der Waals surface area contributed by atoms with Gasteiger partial charge in [-0.2, -0.15) is 0 Å². The first-order valence-corrected chi connectivity index (χ1v) is 8.49. The lowest BCUT2D eigenvalue weighted by molar-refractivity contribution is -0.125. The molecular formula is C18H24N2O5. The summed E-state index contributed by atoms with van der Waals surface area (Å²) < 4.78 is 16.0. The third-order valence-corrected chi connectivity index (χ3v) is 4.09. The van der Waals surface area contributed by atoms with Crippen LogP contribution >= 0.6 is 0 Å². The Labute approximate surface area is 147 Å². The van der Waals surface area contributed by atoms with Gasteiger partial charge in [0.15, 0.2) is 11.5 Å². The Morgan fingerprint density at radius 2 is 2.04 bits per heavy atom. The SMILES string of the molecule is CC(C)(C)OC(=O)N1CCC[C@H]1C(=O)NCc1ccc2c(c1)OCO2. The minimum atomic E-state index is -0.576. The molecule has 3 rings (SSSR count). The number of carbonyl (C=O) groups excluding carboxylic acids is 2. The number of nitrogens with one attached hydrogen (secondary N) is 1. The second-order valence-corrected chi connectivity index (χ2v) is 7.24. The summed E-state index contributed by atoms with van der Waals surface area (Å²) in [4.78, 5) is 26.3. The van der Waals surface area contributed by atoms with E-state index in [-0.39, 0.29) is 12.7 Å². The normalized spacial score (nSPS) is 19.0. The van der Waals surface area contributed by atoms with Crippen molar-refractivity contribution in [1.29, 1.82) is 0 Å². The predicted molar refractivity (Wildman–Crippen MR) is 90.4 cm³/mol. The van der Waals surface area contributed by atoms with E-state index in [2.05, 4.69) is 5.32 Å². The zero-order valence-corrected chi connectivity index (χ0v) is 14.8. The molecule has 2 aliphatic heterocycles. The maximum Gasteiger partial charge on any atom is 0.410 e. The molecule has 1 aromatic carbocycles. The molecular weight excluding hydrogens is 324 g/mol. The first-order valence-electron chi connectivity index (χ1n) is 8.49. The molecule has 2 heterocycles. The number of likely N-dealkylation sites (tertiary alicyclic amines) is 1. The van der Waals surface area contributed by atoms with E-state index in [1.54, 1.807) is 0 Å². The maximum absolute atomic E-state index is 12.5. The third kappa shape index (κ3) is 4.15. The molecule has 0 spiro atoms. The van der Waals surface area contributed by atoms with Crippen LogP contribution in [0.1, 0.15) is 39.2 Å². The Hall–Kier alpha value is -2.44. The predicted octanol–water partition coefficient (Wildman–Crippen LogP) is 2.43. The summed E-state index contributed by atoms with van der Waals surface area (Å²) >= 11 is 0. The van der Waals surface area contributed by atoms with E-state index in [4.69, 9.17) is 14.2 Å². The summed E-state index contributed by atoms with van der Waals surface area (Å²) in [5.41, 5.74) is 0.340. The minimum absolute atomic E-state index is 0.166. The molecule has 0 unspecified atom stereocenters. The lowest BCUT2D eigenvalue weighted by atomic mass is 10.1. The standard InChI is InChI=1S/C18H24N2O5/c1-18(2,3)25-17(22)20-8-4-5-13(20)16(21)19-10-12-6-7-14-15(9-12)24-11-23-14/h6-7,9,13H,4-5,8,10-11H2,1-3H3,(H,19,21)/t13-/m0/s1. The number of carbonyl (C=O) groups is 2. The van der Waals surface area contributed by atoms with Gasteiger partial charge in [0.05, 0.1) is 0 Å². The van der Waals surface area contributed by atoms with Crippen molar-refractivity contribution < 1.29 is 23.8 Å². The molecule has 0 radical (unpaired) electrons. The van der Waals surface area contributed by atoms with Crippen molar-refractivity contribution in [3.8, 4) is 11.5 Å². The van der Waals surface area contributed by atoms with Gasteiger partial charge in [-0.1, -0.05) is 6.07 Å². The average Bonchev–Trinajstić information content (AvgIpc) is 3.19. The molecule has 0 bridgehead atoms. The summed E-state index contributed by atoms with van der Waals surface area (Å²) in [6.45, 7) is 6.57. The number of fused-ring (bicyclic) bond motifs is 1. The van der Waals surface area contributed by atoms with Crippen molar-refractivity contribution in [2.24, 2.45) is 0 Å². The molecule has 7 heteroatoms. The first-order chi connectivity index (χ1) is 11.8. The van der Waals surface area contributed by atoms with Crippen LogP contribution in [0.5, 0.6) is 11.5 Å². The minimum Gasteiger partial charge on any atom is -0.454 e. The van der Waals surface area contributed by atoms with E-state index in [0.717, 1.165) is 12.0 Å². The van der Waals surface area contributed by atoms with Crippen LogP contribution in [-0.2, 0) is 16.1 Å². The van der Waals surface area contributed by atoms with Gasteiger partial charge in [0.2, 0.25) is 12.7 Å². The van der Waals surface area contributed by atoms with Crippen LogP contribution in [0, 0.1) is 0 Å². The van der Waals surface area contributed by atoms with Crippen molar-refractivity contribution in [3.63, 3.8) is 0 Å². The maximum atomic E-state index is 12.5. The monoisotopic (exact) mass is 348 g/mol. The number of rotatable bonds is 3. The van der Waals surface area contributed by atoms with Gasteiger partial charge in [0.1, 0.15) is 11.6 Å². The van der Waals surface area contributed by atoms with Crippen LogP contribution in [0.4, 0.5) is 4.79 Å². The van der Waals surface area contributed by atoms with Crippen molar-refractivity contribution in [1.82, 2.24) is 10.2 Å². The fourth-order valence-electron chi connectivity index (χ4n) is 2.94. The van der Waals surface area contributed by atoms with Crippen LogP contribution in [0.3, 0.4) is 0 Å². The number of ether oxygens (including phenoxy) is 3. The topological polar surface area (TPSA) is 77.1 Å². The van der Waals surface area contributed by atoms with Crippen molar-refractivity contribution in [3.05, 3.63) is 23.8 Å². The second kappa shape index (κ2) is 6.82. The molecule has 1 saturated heterocycles. The first kappa shape index (κ1) is 17.4. The number of amides is 2. The number of hydrogen-bond donors (Lipinski definition) is 1.